The van der Waals surface area contributed by atoms with E-state index < -0.39 is 6.43 Å². The molecule has 96 valence electrons. The number of hydrogen-bond acceptors (Lipinski definition) is 2. The molecule has 0 radical (unpaired) electrons. The van der Waals surface area contributed by atoms with Crippen molar-refractivity contribution in [3.8, 4) is 0 Å². The van der Waals surface area contributed by atoms with Gasteiger partial charge in [0.15, 0.2) is 0 Å². The zero-order valence-electron chi connectivity index (χ0n) is 10.3. The monoisotopic (exact) mass is 235 g/mol. The number of aliphatic hydroxyl groups excluding tert-OH is 1. The highest BCUT2D eigenvalue weighted by Gasteiger charge is 2.34. The van der Waals surface area contributed by atoms with E-state index in [9.17, 15) is 13.9 Å². The van der Waals surface area contributed by atoms with Crippen molar-refractivity contribution in [2.75, 3.05) is 26.7 Å². The quantitative estimate of drug-likeness (QED) is 0.791. The Morgan fingerprint density at radius 3 is 2.38 bits per heavy atom. The van der Waals surface area contributed by atoms with Crippen molar-refractivity contribution in [2.45, 2.75) is 39.0 Å². The van der Waals surface area contributed by atoms with E-state index in [1.54, 1.807) is 11.9 Å². The third-order valence-corrected chi connectivity index (χ3v) is 3.73. The highest BCUT2D eigenvalue weighted by Crippen LogP contribution is 2.39. The summed E-state index contributed by atoms with van der Waals surface area (Å²) < 4.78 is 24.5. The lowest BCUT2D eigenvalue weighted by Crippen LogP contribution is -2.42. The van der Waals surface area contributed by atoms with Crippen LogP contribution in [0, 0.1) is 11.3 Å². The van der Waals surface area contributed by atoms with Gasteiger partial charge in [-0.05, 0) is 25.8 Å². The van der Waals surface area contributed by atoms with Gasteiger partial charge in [0.2, 0.25) is 0 Å². The van der Waals surface area contributed by atoms with Crippen molar-refractivity contribution in [3.05, 3.63) is 0 Å². The molecule has 0 spiro atoms. The second-order valence-corrected chi connectivity index (χ2v) is 5.43. The normalized spacial score (nSPS) is 31.3. The molecule has 4 heteroatoms. The number of rotatable bonds is 5. The molecule has 1 fully saturated rings. The molecule has 0 aliphatic heterocycles. The molecule has 1 aliphatic rings. The maximum absolute atomic E-state index is 12.2. The summed E-state index contributed by atoms with van der Waals surface area (Å²) in [5, 5.41) is 9.50. The molecule has 1 aliphatic carbocycles. The zero-order chi connectivity index (χ0) is 12.2. The van der Waals surface area contributed by atoms with Gasteiger partial charge in [-0.2, -0.15) is 0 Å². The van der Waals surface area contributed by atoms with Crippen LogP contribution >= 0.6 is 0 Å². The van der Waals surface area contributed by atoms with Crippen LogP contribution in [-0.2, 0) is 0 Å². The molecular weight excluding hydrogens is 212 g/mol. The Bertz CT molecular complexity index is 203. The van der Waals surface area contributed by atoms with Gasteiger partial charge in [-0.15, -0.1) is 0 Å². The van der Waals surface area contributed by atoms with Crippen LogP contribution in [0.25, 0.3) is 0 Å². The number of aliphatic hydroxyl groups is 1. The first-order valence-corrected chi connectivity index (χ1v) is 6.05. The summed E-state index contributed by atoms with van der Waals surface area (Å²) in [6.07, 6.45) is 1.83. The third-order valence-electron chi connectivity index (χ3n) is 3.73. The first-order chi connectivity index (χ1) is 7.47. The van der Waals surface area contributed by atoms with E-state index in [0.29, 0.717) is 12.5 Å². The molecule has 2 nitrogen and oxygen atoms in total. The van der Waals surface area contributed by atoms with Crippen molar-refractivity contribution in [1.82, 2.24) is 4.90 Å². The van der Waals surface area contributed by atoms with E-state index >= 15 is 0 Å². The minimum Gasteiger partial charge on any atom is -0.396 e. The lowest BCUT2D eigenvalue weighted by Gasteiger charge is -2.40. The fourth-order valence-electron chi connectivity index (χ4n) is 2.61. The van der Waals surface area contributed by atoms with Crippen molar-refractivity contribution in [3.63, 3.8) is 0 Å². The lowest BCUT2D eigenvalue weighted by atomic mass is 9.71. The summed E-state index contributed by atoms with van der Waals surface area (Å²) in [7, 11) is 1.71. The molecular formula is C12H23F2NO. The molecule has 16 heavy (non-hydrogen) atoms. The summed E-state index contributed by atoms with van der Waals surface area (Å²) >= 11 is 0. The summed E-state index contributed by atoms with van der Waals surface area (Å²) in [6.45, 7) is 2.72. The van der Waals surface area contributed by atoms with Crippen molar-refractivity contribution < 1.29 is 13.9 Å². The smallest absolute Gasteiger partial charge is 0.251 e. The second kappa shape index (κ2) is 5.92. The molecule has 0 unspecified atom stereocenters. The van der Waals surface area contributed by atoms with Gasteiger partial charge in [-0.3, -0.25) is 0 Å². The fourth-order valence-corrected chi connectivity index (χ4v) is 2.61. The Morgan fingerprint density at radius 1 is 1.38 bits per heavy atom. The van der Waals surface area contributed by atoms with E-state index in [1.807, 2.05) is 0 Å². The van der Waals surface area contributed by atoms with Crippen molar-refractivity contribution in [1.29, 1.82) is 0 Å². The van der Waals surface area contributed by atoms with Gasteiger partial charge in [-0.25, -0.2) is 8.78 Å². The molecule has 1 rings (SSSR count). The Hall–Kier alpha value is -0.220. The van der Waals surface area contributed by atoms with Crippen LogP contribution in [0.15, 0.2) is 0 Å². The average molecular weight is 235 g/mol. The number of alkyl halides is 2. The first kappa shape index (κ1) is 13.8. The van der Waals surface area contributed by atoms with Crippen molar-refractivity contribution >= 4 is 0 Å². The van der Waals surface area contributed by atoms with E-state index in [0.717, 1.165) is 25.7 Å². The Labute approximate surface area is 96.6 Å². The van der Waals surface area contributed by atoms with Crippen LogP contribution in [0.3, 0.4) is 0 Å². The molecule has 0 atom stereocenters. The van der Waals surface area contributed by atoms with Gasteiger partial charge < -0.3 is 10.0 Å². The molecule has 0 heterocycles. The zero-order valence-corrected chi connectivity index (χ0v) is 10.3. The standard InChI is InChI=1S/C12H23F2NO/c1-10-3-5-12(9-16,6-4-10)8-15(2)7-11(13)14/h10-11,16H,3-9H2,1-2H3. The topological polar surface area (TPSA) is 23.5 Å². The molecule has 0 aromatic heterocycles. The van der Waals surface area contributed by atoms with Crippen LogP contribution < -0.4 is 0 Å². The van der Waals surface area contributed by atoms with Gasteiger partial charge in [0.25, 0.3) is 6.43 Å². The maximum atomic E-state index is 12.2. The summed E-state index contributed by atoms with van der Waals surface area (Å²) in [4.78, 5) is 1.65. The van der Waals surface area contributed by atoms with Gasteiger partial charge in [-0.1, -0.05) is 19.8 Å². The van der Waals surface area contributed by atoms with Gasteiger partial charge in [0.1, 0.15) is 0 Å². The molecule has 1 N–H and O–H groups in total. The highest BCUT2D eigenvalue weighted by molar-refractivity contribution is 4.86. The summed E-state index contributed by atoms with van der Waals surface area (Å²) in [5.41, 5.74) is -0.143. The Morgan fingerprint density at radius 2 is 1.94 bits per heavy atom. The summed E-state index contributed by atoms with van der Waals surface area (Å²) in [5.74, 6) is 0.708. The van der Waals surface area contributed by atoms with Crippen LogP contribution in [0.5, 0.6) is 0 Å². The Balaban J connectivity index is 2.47. The van der Waals surface area contributed by atoms with Gasteiger partial charge >= 0.3 is 0 Å². The maximum Gasteiger partial charge on any atom is 0.251 e. The summed E-state index contributed by atoms with van der Waals surface area (Å²) in [6, 6.07) is 0. The first-order valence-electron chi connectivity index (χ1n) is 6.05. The number of nitrogens with zero attached hydrogens (tertiary/aromatic N) is 1. The fraction of sp³-hybridized carbons (Fsp3) is 1.00. The molecule has 0 saturated heterocycles. The van der Waals surface area contributed by atoms with Crippen LogP contribution in [-0.4, -0.2) is 43.2 Å². The highest BCUT2D eigenvalue weighted by atomic mass is 19.3. The Kier molecular flexibility index (Phi) is 5.12. The third kappa shape index (κ3) is 3.98. The largest absolute Gasteiger partial charge is 0.396 e. The lowest BCUT2D eigenvalue weighted by molar-refractivity contribution is 0.0171. The van der Waals surface area contributed by atoms with Crippen molar-refractivity contribution in [2.24, 2.45) is 11.3 Å². The molecule has 0 amide bonds. The van der Waals surface area contributed by atoms with Gasteiger partial charge in [0, 0.05) is 18.6 Å². The number of halogens is 2. The van der Waals surface area contributed by atoms with E-state index in [2.05, 4.69) is 6.92 Å². The van der Waals surface area contributed by atoms with Crippen LogP contribution in [0.2, 0.25) is 0 Å². The van der Waals surface area contributed by atoms with E-state index in [-0.39, 0.29) is 18.6 Å². The second-order valence-electron chi connectivity index (χ2n) is 5.43. The molecule has 0 aromatic rings. The molecule has 1 saturated carbocycles. The minimum atomic E-state index is -2.29. The molecule has 0 aromatic carbocycles. The molecule has 0 bridgehead atoms. The van der Waals surface area contributed by atoms with Crippen LogP contribution in [0.4, 0.5) is 8.78 Å². The van der Waals surface area contributed by atoms with Gasteiger partial charge in [0.05, 0.1) is 6.54 Å². The SMILES string of the molecule is CC1CCC(CO)(CN(C)CC(F)F)CC1. The predicted molar refractivity (Wildman–Crippen MR) is 60.7 cm³/mol. The average Bonchev–Trinajstić information content (AvgIpc) is 2.21. The predicted octanol–water partition coefficient (Wildman–Crippen LogP) is 2.37. The van der Waals surface area contributed by atoms with Crippen LogP contribution in [0.1, 0.15) is 32.6 Å². The number of hydrogen-bond donors (Lipinski definition) is 1. The minimum absolute atomic E-state index is 0.118. The van der Waals surface area contributed by atoms with E-state index in [1.165, 1.54) is 0 Å². The van der Waals surface area contributed by atoms with E-state index in [4.69, 9.17) is 0 Å².